The maximum atomic E-state index is 13.5. The van der Waals surface area contributed by atoms with Crippen molar-refractivity contribution in [3.05, 3.63) is 29.8 Å². The van der Waals surface area contributed by atoms with Crippen molar-refractivity contribution in [3.8, 4) is 0 Å². The number of hydrogen-bond acceptors (Lipinski definition) is 7. The number of thioether (sulfide) groups is 1. The fourth-order valence-electron chi connectivity index (χ4n) is 5.52. The maximum Gasteiger partial charge on any atom is 0.411 e. The van der Waals surface area contributed by atoms with Crippen molar-refractivity contribution < 1.29 is 19.1 Å². The number of ether oxygens (including phenoxy) is 2. The van der Waals surface area contributed by atoms with Gasteiger partial charge in [0.15, 0.2) is 0 Å². The smallest absolute Gasteiger partial charge is 0.411 e. The highest BCUT2D eigenvalue weighted by Crippen LogP contribution is 2.29. The molecular weight excluding hydrogens is 544 g/mol. The number of carbonyl (C=O) groups excluding carboxylic acids is 2. The van der Waals surface area contributed by atoms with Gasteiger partial charge in [0, 0.05) is 31.1 Å². The molecule has 0 spiro atoms. The van der Waals surface area contributed by atoms with Gasteiger partial charge >= 0.3 is 6.09 Å². The van der Waals surface area contributed by atoms with Gasteiger partial charge < -0.3 is 20.1 Å². The first-order valence-corrected chi connectivity index (χ1v) is 16.3. The number of benzene rings is 1. The van der Waals surface area contributed by atoms with Crippen molar-refractivity contribution in [2.45, 2.75) is 89.9 Å². The minimum atomic E-state index is -0.614. The molecule has 0 bridgehead atoms. The van der Waals surface area contributed by atoms with Crippen molar-refractivity contribution in [2.75, 3.05) is 43.2 Å². The van der Waals surface area contributed by atoms with E-state index in [9.17, 15) is 9.59 Å². The van der Waals surface area contributed by atoms with Crippen LogP contribution in [0.5, 0.6) is 0 Å². The zero-order valence-electron chi connectivity index (χ0n) is 24.3. The van der Waals surface area contributed by atoms with Crippen LogP contribution in [-0.4, -0.2) is 82.4 Å². The Kier molecular flexibility index (Phi) is 11.5. The van der Waals surface area contributed by atoms with Gasteiger partial charge in [0.25, 0.3) is 0 Å². The van der Waals surface area contributed by atoms with Crippen LogP contribution in [0, 0.1) is 5.92 Å². The number of hydrogen-bond donors (Lipinski definition) is 2. The van der Waals surface area contributed by atoms with Gasteiger partial charge in [0.05, 0.1) is 25.1 Å². The summed E-state index contributed by atoms with van der Waals surface area (Å²) in [5, 5.41) is 6.60. The molecule has 2 amide bonds. The van der Waals surface area contributed by atoms with E-state index in [2.05, 4.69) is 39.8 Å². The molecule has 2 N–H and O–H groups in total. The molecule has 4 rings (SSSR count). The lowest BCUT2D eigenvalue weighted by Gasteiger charge is -2.30. The molecule has 8 nitrogen and oxygen atoms in total. The SMILES string of the molecule is CC(C)(C)OC(=O)N1CSC[C@H]1C(=O)N[C@H](CCC1CCCCC1)C(=S)Nc1ccc(CN2CCOCC2)cc1. The maximum absolute atomic E-state index is 13.5. The molecule has 2 heterocycles. The molecule has 2 saturated heterocycles. The summed E-state index contributed by atoms with van der Waals surface area (Å²) >= 11 is 7.44. The molecule has 1 aromatic rings. The van der Waals surface area contributed by atoms with Crippen molar-refractivity contribution in [1.29, 1.82) is 0 Å². The van der Waals surface area contributed by atoms with Crippen LogP contribution in [0.25, 0.3) is 0 Å². The number of rotatable bonds is 9. The number of amides is 2. The van der Waals surface area contributed by atoms with Crippen molar-refractivity contribution in [3.63, 3.8) is 0 Å². The van der Waals surface area contributed by atoms with Crippen LogP contribution in [-0.2, 0) is 20.8 Å². The van der Waals surface area contributed by atoms with Gasteiger partial charge in [-0.05, 0) is 57.2 Å². The van der Waals surface area contributed by atoms with Crippen LogP contribution in [0.4, 0.5) is 10.5 Å². The molecule has 222 valence electrons. The van der Waals surface area contributed by atoms with E-state index in [-0.39, 0.29) is 11.9 Å². The summed E-state index contributed by atoms with van der Waals surface area (Å²) in [6.45, 7) is 9.90. The van der Waals surface area contributed by atoms with E-state index >= 15 is 0 Å². The van der Waals surface area contributed by atoms with Crippen LogP contribution in [0.3, 0.4) is 0 Å². The Balaban J connectivity index is 1.38. The fourth-order valence-corrected chi connectivity index (χ4v) is 6.95. The first-order valence-electron chi connectivity index (χ1n) is 14.8. The Morgan fingerprint density at radius 2 is 1.82 bits per heavy atom. The Morgan fingerprint density at radius 1 is 1.12 bits per heavy atom. The number of nitrogens with zero attached hydrogens (tertiary/aromatic N) is 2. The van der Waals surface area contributed by atoms with E-state index in [1.807, 2.05) is 20.8 Å². The first-order chi connectivity index (χ1) is 19.2. The molecule has 0 unspecified atom stereocenters. The number of thiocarbonyl (C=S) groups is 1. The molecule has 1 saturated carbocycles. The highest BCUT2D eigenvalue weighted by atomic mass is 32.2. The standard InChI is InChI=1S/C30H46N4O4S2/c1-30(2,3)38-29(36)34-21-40-20-26(34)27(35)32-25(14-11-22-7-5-4-6-8-22)28(39)31-24-12-9-23(10-13-24)19-33-15-17-37-18-16-33/h9-10,12-13,22,25-26H,4-8,11,14-21H2,1-3H3,(H,31,39)(H,32,35)/t25-,26+/m1/s1. The van der Waals surface area contributed by atoms with E-state index in [0.29, 0.717) is 22.5 Å². The highest BCUT2D eigenvalue weighted by Gasteiger charge is 2.38. The third-order valence-electron chi connectivity index (χ3n) is 7.77. The monoisotopic (exact) mass is 590 g/mol. The minimum Gasteiger partial charge on any atom is -0.444 e. The highest BCUT2D eigenvalue weighted by molar-refractivity contribution is 7.99. The number of nitrogens with one attached hydrogen (secondary N) is 2. The van der Waals surface area contributed by atoms with E-state index in [1.54, 1.807) is 11.8 Å². The molecule has 10 heteroatoms. The largest absolute Gasteiger partial charge is 0.444 e. The van der Waals surface area contributed by atoms with Gasteiger partial charge in [-0.3, -0.25) is 14.6 Å². The number of carbonyl (C=O) groups is 2. The van der Waals surface area contributed by atoms with Gasteiger partial charge in [0.2, 0.25) is 5.91 Å². The quantitative estimate of drug-likeness (QED) is 0.370. The average molecular weight is 591 g/mol. The van der Waals surface area contributed by atoms with E-state index < -0.39 is 17.7 Å². The van der Waals surface area contributed by atoms with Crippen molar-refractivity contribution in [1.82, 2.24) is 15.1 Å². The molecule has 1 aliphatic carbocycles. The summed E-state index contributed by atoms with van der Waals surface area (Å²) < 4.78 is 11.0. The molecule has 2 aliphatic heterocycles. The van der Waals surface area contributed by atoms with E-state index in [0.717, 1.165) is 51.4 Å². The minimum absolute atomic E-state index is 0.172. The number of morpholine rings is 1. The van der Waals surface area contributed by atoms with Crippen LogP contribution in [0.2, 0.25) is 0 Å². The lowest BCUT2D eigenvalue weighted by molar-refractivity contribution is -0.125. The van der Waals surface area contributed by atoms with Crippen molar-refractivity contribution >= 4 is 46.7 Å². The first kappa shape index (κ1) is 31.1. The molecule has 0 aromatic heterocycles. The molecule has 1 aromatic carbocycles. The Bertz CT molecular complexity index is 988. The van der Waals surface area contributed by atoms with Crippen LogP contribution >= 0.6 is 24.0 Å². The summed E-state index contributed by atoms with van der Waals surface area (Å²) in [6, 6.07) is 7.50. The second kappa shape index (κ2) is 14.8. The fraction of sp³-hybridized carbons (Fsp3) is 0.700. The Morgan fingerprint density at radius 3 is 2.50 bits per heavy atom. The summed E-state index contributed by atoms with van der Waals surface area (Å²) in [5.41, 5.74) is 1.55. The third kappa shape index (κ3) is 9.60. The van der Waals surface area contributed by atoms with E-state index in [4.69, 9.17) is 21.7 Å². The summed E-state index contributed by atoms with van der Waals surface area (Å²) in [4.78, 5) is 30.8. The lowest BCUT2D eigenvalue weighted by atomic mass is 9.85. The third-order valence-corrected chi connectivity index (χ3v) is 9.16. The normalized spacial score (nSPS) is 21.6. The van der Waals surface area contributed by atoms with Gasteiger partial charge in [0.1, 0.15) is 16.6 Å². The number of anilines is 1. The zero-order valence-corrected chi connectivity index (χ0v) is 25.9. The second-order valence-electron chi connectivity index (χ2n) is 12.2. The topological polar surface area (TPSA) is 83.1 Å². The molecule has 3 fully saturated rings. The zero-order chi connectivity index (χ0) is 28.5. The predicted molar refractivity (Wildman–Crippen MR) is 166 cm³/mol. The Hall–Kier alpha value is -1.88. The Labute approximate surface area is 249 Å². The van der Waals surface area contributed by atoms with Gasteiger partial charge in [-0.25, -0.2) is 4.79 Å². The second-order valence-corrected chi connectivity index (χ2v) is 13.6. The predicted octanol–water partition coefficient (Wildman–Crippen LogP) is 5.41. The van der Waals surface area contributed by atoms with Crippen LogP contribution in [0.15, 0.2) is 24.3 Å². The van der Waals surface area contributed by atoms with E-state index in [1.165, 1.54) is 42.6 Å². The molecule has 2 atom stereocenters. The van der Waals surface area contributed by atoms with Gasteiger partial charge in [-0.2, -0.15) is 0 Å². The molecule has 40 heavy (non-hydrogen) atoms. The summed E-state index contributed by atoms with van der Waals surface area (Å²) in [6.07, 6.45) is 7.74. The molecule has 0 radical (unpaired) electrons. The molecule has 3 aliphatic rings. The average Bonchev–Trinajstić information content (AvgIpc) is 3.43. The van der Waals surface area contributed by atoms with Crippen molar-refractivity contribution in [2.24, 2.45) is 5.92 Å². The molecular formula is C30H46N4O4S2. The summed E-state index contributed by atoms with van der Waals surface area (Å²) in [7, 11) is 0. The summed E-state index contributed by atoms with van der Waals surface area (Å²) in [5.74, 6) is 1.50. The van der Waals surface area contributed by atoms with Crippen LogP contribution < -0.4 is 10.6 Å². The van der Waals surface area contributed by atoms with Gasteiger partial charge in [-0.15, -0.1) is 11.8 Å². The lowest BCUT2D eigenvalue weighted by Crippen LogP contribution is -2.53. The van der Waals surface area contributed by atoms with Gasteiger partial charge in [-0.1, -0.05) is 56.5 Å². The van der Waals surface area contributed by atoms with Crippen LogP contribution in [0.1, 0.15) is 71.3 Å².